The minimum absolute atomic E-state index is 0.265. The summed E-state index contributed by atoms with van der Waals surface area (Å²) in [6, 6.07) is 5.87. The molecule has 1 amide bonds. The summed E-state index contributed by atoms with van der Waals surface area (Å²) in [5.41, 5.74) is 0.0984. The van der Waals surface area contributed by atoms with Gasteiger partial charge in [0, 0.05) is 38.9 Å². The highest BCUT2D eigenvalue weighted by molar-refractivity contribution is 5.76. The third-order valence-electron chi connectivity index (χ3n) is 5.26. The summed E-state index contributed by atoms with van der Waals surface area (Å²) in [5, 5.41) is 3.56. The fourth-order valence-electron chi connectivity index (χ4n) is 3.94. The SMILES string of the molecule is O=C(N1CC2CN(Cc3ccc(F)cc3)CC2C1)n1cc(C(F)(F)F)cn1. The maximum absolute atomic E-state index is 13.0. The lowest BCUT2D eigenvalue weighted by Gasteiger charge is -2.21. The first-order valence-electron chi connectivity index (χ1n) is 8.67. The summed E-state index contributed by atoms with van der Waals surface area (Å²) in [6.07, 6.45) is -3.11. The summed E-state index contributed by atoms with van der Waals surface area (Å²) in [7, 11) is 0. The number of amides is 1. The first-order chi connectivity index (χ1) is 12.8. The lowest BCUT2D eigenvalue weighted by Crippen LogP contribution is -2.36. The first-order valence-corrected chi connectivity index (χ1v) is 8.67. The molecule has 2 fully saturated rings. The van der Waals surface area contributed by atoms with E-state index in [9.17, 15) is 22.4 Å². The summed E-state index contributed by atoms with van der Waals surface area (Å²) in [5.74, 6) is 0.303. The van der Waals surface area contributed by atoms with Gasteiger partial charge in [0.05, 0.1) is 11.8 Å². The Balaban J connectivity index is 1.35. The van der Waals surface area contributed by atoms with Crippen molar-refractivity contribution in [3.05, 3.63) is 53.6 Å². The van der Waals surface area contributed by atoms with Crippen LogP contribution >= 0.6 is 0 Å². The zero-order chi connectivity index (χ0) is 19.2. The van der Waals surface area contributed by atoms with E-state index in [1.807, 2.05) is 0 Å². The van der Waals surface area contributed by atoms with Crippen molar-refractivity contribution in [2.45, 2.75) is 12.7 Å². The maximum atomic E-state index is 13.0. The molecule has 0 N–H and O–H groups in total. The molecule has 27 heavy (non-hydrogen) atoms. The van der Waals surface area contributed by atoms with Gasteiger partial charge in [-0.2, -0.15) is 23.0 Å². The van der Waals surface area contributed by atoms with Crippen molar-refractivity contribution in [3.8, 4) is 0 Å². The number of carbonyl (C=O) groups is 1. The molecule has 0 spiro atoms. The molecule has 3 heterocycles. The van der Waals surface area contributed by atoms with E-state index in [4.69, 9.17) is 0 Å². The number of rotatable bonds is 2. The van der Waals surface area contributed by atoms with Gasteiger partial charge in [0.15, 0.2) is 0 Å². The second kappa shape index (κ2) is 6.63. The number of hydrogen-bond acceptors (Lipinski definition) is 3. The van der Waals surface area contributed by atoms with Crippen LogP contribution < -0.4 is 0 Å². The highest BCUT2D eigenvalue weighted by atomic mass is 19.4. The molecule has 2 aliphatic heterocycles. The summed E-state index contributed by atoms with van der Waals surface area (Å²) < 4.78 is 51.8. The molecule has 0 radical (unpaired) electrons. The topological polar surface area (TPSA) is 41.4 Å². The maximum Gasteiger partial charge on any atom is 0.419 e. The molecule has 0 bridgehead atoms. The fourth-order valence-corrected chi connectivity index (χ4v) is 3.94. The quantitative estimate of drug-likeness (QED) is 0.750. The Bertz CT molecular complexity index is 819. The molecule has 2 atom stereocenters. The van der Waals surface area contributed by atoms with Gasteiger partial charge in [0.2, 0.25) is 0 Å². The van der Waals surface area contributed by atoms with Crippen molar-refractivity contribution >= 4 is 6.03 Å². The molecule has 5 nitrogen and oxygen atoms in total. The summed E-state index contributed by atoms with van der Waals surface area (Å²) >= 11 is 0. The molecule has 0 saturated carbocycles. The molecule has 1 aromatic heterocycles. The number of likely N-dealkylation sites (tertiary alicyclic amines) is 2. The van der Waals surface area contributed by atoms with Crippen LogP contribution in [0.25, 0.3) is 0 Å². The Morgan fingerprint density at radius 2 is 1.70 bits per heavy atom. The van der Waals surface area contributed by atoms with E-state index in [2.05, 4.69) is 10.00 Å². The number of aromatic nitrogens is 2. The average Bonchev–Trinajstić information content (AvgIpc) is 3.30. The van der Waals surface area contributed by atoms with Crippen LogP contribution in [0.15, 0.2) is 36.7 Å². The summed E-state index contributed by atoms with van der Waals surface area (Å²) in [6.45, 7) is 3.34. The number of benzene rings is 1. The monoisotopic (exact) mass is 382 g/mol. The third-order valence-corrected chi connectivity index (χ3v) is 5.26. The number of hydrogen-bond donors (Lipinski definition) is 0. The smallest absolute Gasteiger partial charge is 0.322 e. The Morgan fingerprint density at radius 1 is 1.07 bits per heavy atom. The van der Waals surface area contributed by atoms with Crippen LogP contribution in [0.1, 0.15) is 11.1 Å². The third kappa shape index (κ3) is 3.69. The van der Waals surface area contributed by atoms with Gasteiger partial charge >= 0.3 is 12.2 Å². The second-order valence-electron chi connectivity index (χ2n) is 7.20. The Kier molecular flexibility index (Phi) is 4.41. The van der Waals surface area contributed by atoms with Gasteiger partial charge in [-0.05, 0) is 29.5 Å². The molecule has 1 aromatic carbocycles. The zero-order valence-electron chi connectivity index (χ0n) is 14.4. The molecule has 2 unspecified atom stereocenters. The van der Waals surface area contributed by atoms with E-state index in [0.29, 0.717) is 19.3 Å². The largest absolute Gasteiger partial charge is 0.419 e. The van der Waals surface area contributed by atoms with Gasteiger partial charge in [-0.3, -0.25) is 4.90 Å². The van der Waals surface area contributed by atoms with Crippen molar-refractivity contribution in [3.63, 3.8) is 0 Å². The van der Waals surface area contributed by atoms with Crippen LogP contribution in [-0.4, -0.2) is 51.8 Å². The van der Waals surface area contributed by atoms with E-state index in [-0.39, 0.29) is 17.7 Å². The van der Waals surface area contributed by atoms with Gasteiger partial charge in [0.1, 0.15) is 5.82 Å². The van der Waals surface area contributed by atoms with E-state index in [0.717, 1.165) is 36.1 Å². The molecule has 4 rings (SSSR count). The summed E-state index contributed by atoms with van der Waals surface area (Å²) in [4.78, 5) is 16.3. The van der Waals surface area contributed by atoms with Gasteiger partial charge in [-0.1, -0.05) is 12.1 Å². The van der Waals surface area contributed by atoms with Crippen molar-refractivity contribution in [2.24, 2.45) is 11.8 Å². The van der Waals surface area contributed by atoms with E-state index < -0.39 is 17.8 Å². The minimum Gasteiger partial charge on any atom is -0.322 e. The fraction of sp³-hybridized carbons (Fsp3) is 0.444. The molecular weight excluding hydrogens is 364 g/mol. The number of fused-ring (bicyclic) bond motifs is 1. The Hall–Kier alpha value is -2.42. The van der Waals surface area contributed by atoms with E-state index in [1.54, 1.807) is 17.0 Å². The van der Waals surface area contributed by atoms with Crippen LogP contribution in [-0.2, 0) is 12.7 Å². The van der Waals surface area contributed by atoms with Crippen molar-refractivity contribution in [1.82, 2.24) is 19.6 Å². The molecular formula is C18H18F4N4O. The van der Waals surface area contributed by atoms with Crippen LogP contribution in [0.2, 0.25) is 0 Å². The van der Waals surface area contributed by atoms with Crippen LogP contribution in [0.3, 0.4) is 0 Å². The molecule has 0 aliphatic carbocycles. The van der Waals surface area contributed by atoms with Crippen LogP contribution in [0, 0.1) is 17.7 Å². The molecule has 2 saturated heterocycles. The number of nitrogens with zero attached hydrogens (tertiary/aromatic N) is 4. The van der Waals surface area contributed by atoms with Crippen molar-refractivity contribution < 1.29 is 22.4 Å². The first kappa shape index (κ1) is 18.0. The standard InChI is InChI=1S/C18H18F4N4O/c19-16-3-1-12(2-4-16)6-24-7-13-9-25(10-14(13)8-24)17(27)26-11-15(5-23-26)18(20,21)22/h1-5,11,13-14H,6-10H2. The predicted octanol–water partition coefficient (Wildman–Crippen LogP) is 3.07. The van der Waals surface area contributed by atoms with Crippen molar-refractivity contribution in [2.75, 3.05) is 26.2 Å². The molecule has 144 valence electrons. The molecule has 2 aromatic rings. The highest BCUT2D eigenvalue weighted by Crippen LogP contribution is 2.33. The Labute approximate surface area is 153 Å². The predicted molar refractivity (Wildman–Crippen MR) is 88.3 cm³/mol. The second-order valence-corrected chi connectivity index (χ2v) is 7.20. The lowest BCUT2D eigenvalue weighted by atomic mass is 10.0. The van der Waals surface area contributed by atoms with E-state index >= 15 is 0 Å². The van der Waals surface area contributed by atoms with E-state index in [1.165, 1.54) is 12.1 Å². The van der Waals surface area contributed by atoms with Crippen molar-refractivity contribution in [1.29, 1.82) is 0 Å². The normalized spacial score (nSPS) is 23.0. The molecule has 2 aliphatic rings. The average molecular weight is 382 g/mol. The minimum atomic E-state index is -4.51. The Morgan fingerprint density at radius 3 is 2.26 bits per heavy atom. The van der Waals surface area contributed by atoms with Crippen LogP contribution in [0.5, 0.6) is 0 Å². The number of alkyl halides is 3. The van der Waals surface area contributed by atoms with Gasteiger partial charge in [0.25, 0.3) is 0 Å². The van der Waals surface area contributed by atoms with Crippen LogP contribution in [0.4, 0.5) is 22.4 Å². The van der Waals surface area contributed by atoms with Gasteiger partial charge in [-0.15, -0.1) is 0 Å². The number of carbonyl (C=O) groups excluding carboxylic acids is 1. The van der Waals surface area contributed by atoms with Gasteiger partial charge < -0.3 is 4.90 Å². The zero-order valence-corrected chi connectivity index (χ0v) is 14.4. The lowest BCUT2D eigenvalue weighted by molar-refractivity contribution is -0.137. The van der Waals surface area contributed by atoms with Gasteiger partial charge in [-0.25, -0.2) is 9.18 Å². The highest BCUT2D eigenvalue weighted by Gasteiger charge is 2.42. The molecule has 9 heteroatoms. The number of halogens is 4.